The SMILES string of the molecule is CCC(C)(N)C1(O)COC1. The minimum absolute atomic E-state index is 0.383. The van der Waals surface area contributed by atoms with Gasteiger partial charge in [-0.3, -0.25) is 0 Å². The third kappa shape index (κ3) is 0.944. The molecule has 1 rings (SSSR count). The molecule has 3 heteroatoms. The van der Waals surface area contributed by atoms with Crippen molar-refractivity contribution in [1.29, 1.82) is 0 Å². The fourth-order valence-corrected chi connectivity index (χ4v) is 0.954. The third-order valence-electron chi connectivity index (χ3n) is 2.48. The topological polar surface area (TPSA) is 55.5 Å². The van der Waals surface area contributed by atoms with E-state index in [0.29, 0.717) is 13.2 Å². The Kier molecular flexibility index (Phi) is 1.75. The first-order chi connectivity index (χ1) is 4.52. The second-order valence-corrected chi connectivity index (χ2v) is 3.30. The maximum Gasteiger partial charge on any atom is 0.129 e. The van der Waals surface area contributed by atoms with Crippen LogP contribution in [-0.2, 0) is 4.74 Å². The lowest BCUT2D eigenvalue weighted by Crippen LogP contribution is -2.68. The van der Waals surface area contributed by atoms with Crippen LogP contribution < -0.4 is 5.73 Å². The monoisotopic (exact) mass is 145 g/mol. The molecule has 60 valence electrons. The zero-order chi connectivity index (χ0) is 7.83. The van der Waals surface area contributed by atoms with Gasteiger partial charge < -0.3 is 15.6 Å². The van der Waals surface area contributed by atoms with Crippen molar-refractivity contribution in [2.75, 3.05) is 13.2 Å². The Labute approximate surface area is 61.2 Å². The lowest BCUT2D eigenvalue weighted by atomic mass is 9.78. The van der Waals surface area contributed by atoms with Crippen molar-refractivity contribution >= 4 is 0 Å². The molecule has 1 unspecified atom stereocenters. The smallest absolute Gasteiger partial charge is 0.129 e. The molecule has 1 atom stereocenters. The summed E-state index contributed by atoms with van der Waals surface area (Å²) in [4.78, 5) is 0. The maximum absolute atomic E-state index is 9.69. The second kappa shape index (κ2) is 2.19. The van der Waals surface area contributed by atoms with E-state index in [-0.39, 0.29) is 0 Å². The zero-order valence-electron chi connectivity index (χ0n) is 6.55. The summed E-state index contributed by atoms with van der Waals surface area (Å²) in [5, 5.41) is 9.69. The van der Waals surface area contributed by atoms with Crippen molar-refractivity contribution in [3.63, 3.8) is 0 Å². The summed E-state index contributed by atoms with van der Waals surface area (Å²) in [5.74, 6) is 0. The second-order valence-electron chi connectivity index (χ2n) is 3.30. The fraction of sp³-hybridized carbons (Fsp3) is 1.00. The predicted octanol–water partition coefficient (Wildman–Crippen LogP) is -0.125. The van der Waals surface area contributed by atoms with Crippen LogP contribution in [0.15, 0.2) is 0 Å². The van der Waals surface area contributed by atoms with Gasteiger partial charge in [0, 0.05) is 5.54 Å². The lowest BCUT2D eigenvalue weighted by molar-refractivity contribution is -0.211. The van der Waals surface area contributed by atoms with Crippen LogP contribution in [0.25, 0.3) is 0 Å². The van der Waals surface area contributed by atoms with Crippen molar-refractivity contribution in [2.45, 2.75) is 31.4 Å². The van der Waals surface area contributed by atoms with Gasteiger partial charge in [0.05, 0.1) is 13.2 Å². The highest BCUT2D eigenvalue weighted by molar-refractivity contribution is 5.03. The molecular weight excluding hydrogens is 130 g/mol. The lowest BCUT2D eigenvalue weighted by Gasteiger charge is -2.47. The molecule has 0 saturated carbocycles. The molecule has 3 N–H and O–H groups in total. The number of hydrogen-bond acceptors (Lipinski definition) is 3. The van der Waals surface area contributed by atoms with Crippen LogP contribution in [0.2, 0.25) is 0 Å². The van der Waals surface area contributed by atoms with Crippen molar-refractivity contribution < 1.29 is 9.84 Å². The van der Waals surface area contributed by atoms with E-state index in [1.807, 2.05) is 13.8 Å². The summed E-state index contributed by atoms with van der Waals surface area (Å²) in [6.07, 6.45) is 0.771. The minimum Gasteiger partial charge on any atom is -0.383 e. The van der Waals surface area contributed by atoms with Crippen LogP contribution in [-0.4, -0.2) is 29.5 Å². The molecule has 1 heterocycles. The maximum atomic E-state index is 9.69. The van der Waals surface area contributed by atoms with Crippen LogP contribution in [0, 0.1) is 0 Å². The molecule has 0 aromatic carbocycles. The molecule has 0 aliphatic carbocycles. The van der Waals surface area contributed by atoms with Gasteiger partial charge in [-0.15, -0.1) is 0 Å². The van der Waals surface area contributed by atoms with E-state index in [1.54, 1.807) is 0 Å². The quantitative estimate of drug-likeness (QED) is 0.569. The molecule has 10 heavy (non-hydrogen) atoms. The number of ether oxygens (including phenoxy) is 1. The first-order valence-electron chi connectivity index (χ1n) is 3.61. The predicted molar refractivity (Wildman–Crippen MR) is 38.7 cm³/mol. The molecule has 0 bridgehead atoms. The van der Waals surface area contributed by atoms with E-state index in [4.69, 9.17) is 10.5 Å². The first-order valence-corrected chi connectivity index (χ1v) is 3.61. The van der Waals surface area contributed by atoms with E-state index in [0.717, 1.165) is 6.42 Å². The number of hydrogen-bond donors (Lipinski definition) is 2. The van der Waals surface area contributed by atoms with Gasteiger partial charge in [0.15, 0.2) is 0 Å². The van der Waals surface area contributed by atoms with Crippen molar-refractivity contribution in [1.82, 2.24) is 0 Å². The van der Waals surface area contributed by atoms with Crippen LogP contribution in [0.3, 0.4) is 0 Å². The largest absolute Gasteiger partial charge is 0.383 e. The Balaban J connectivity index is 2.61. The normalized spacial score (nSPS) is 28.8. The van der Waals surface area contributed by atoms with Crippen LogP contribution in [0.4, 0.5) is 0 Å². The highest BCUT2D eigenvalue weighted by Gasteiger charge is 2.48. The van der Waals surface area contributed by atoms with Gasteiger partial charge in [0.2, 0.25) is 0 Å². The molecule has 1 aliphatic heterocycles. The van der Waals surface area contributed by atoms with Gasteiger partial charge in [-0.1, -0.05) is 6.92 Å². The van der Waals surface area contributed by atoms with E-state index >= 15 is 0 Å². The Bertz CT molecular complexity index is 120. The number of aliphatic hydroxyl groups is 1. The van der Waals surface area contributed by atoms with Crippen molar-refractivity contribution in [2.24, 2.45) is 5.73 Å². The van der Waals surface area contributed by atoms with Gasteiger partial charge in [0.1, 0.15) is 5.60 Å². The highest BCUT2D eigenvalue weighted by Crippen LogP contribution is 2.29. The molecule has 0 spiro atoms. The third-order valence-corrected chi connectivity index (χ3v) is 2.48. The summed E-state index contributed by atoms with van der Waals surface area (Å²) >= 11 is 0. The molecule has 1 aliphatic rings. The number of nitrogens with two attached hydrogens (primary N) is 1. The van der Waals surface area contributed by atoms with Gasteiger partial charge in [-0.2, -0.15) is 0 Å². The molecule has 1 saturated heterocycles. The highest BCUT2D eigenvalue weighted by atomic mass is 16.5. The van der Waals surface area contributed by atoms with E-state index in [1.165, 1.54) is 0 Å². The summed E-state index contributed by atoms with van der Waals surface area (Å²) in [7, 11) is 0. The molecule has 0 amide bonds. The molecule has 0 aromatic heterocycles. The number of rotatable bonds is 2. The zero-order valence-corrected chi connectivity index (χ0v) is 6.55. The molecule has 1 fully saturated rings. The molecule has 3 nitrogen and oxygen atoms in total. The minimum atomic E-state index is -0.776. The summed E-state index contributed by atoms with van der Waals surface area (Å²) in [6.45, 7) is 4.59. The van der Waals surface area contributed by atoms with Crippen LogP contribution in [0.5, 0.6) is 0 Å². The van der Waals surface area contributed by atoms with Crippen LogP contribution >= 0.6 is 0 Å². The molecular formula is C7H15NO2. The Morgan fingerprint density at radius 2 is 2.20 bits per heavy atom. The van der Waals surface area contributed by atoms with Crippen LogP contribution in [0.1, 0.15) is 20.3 Å². The Hall–Kier alpha value is -0.120. The van der Waals surface area contributed by atoms with Gasteiger partial charge in [0.25, 0.3) is 0 Å². The van der Waals surface area contributed by atoms with Crippen molar-refractivity contribution in [3.8, 4) is 0 Å². The van der Waals surface area contributed by atoms with Gasteiger partial charge in [-0.25, -0.2) is 0 Å². The summed E-state index contributed by atoms with van der Waals surface area (Å²) in [6, 6.07) is 0. The van der Waals surface area contributed by atoms with E-state index in [9.17, 15) is 5.11 Å². The summed E-state index contributed by atoms with van der Waals surface area (Å²) in [5.41, 5.74) is 4.55. The molecule has 0 radical (unpaired) electrons. The first kappa shape index (κ1) is 7.98. The Morgan fingerprint density at radius 1 is 1.70 bits per heavy atom. The summed E-state index contributed by atoms with van der Waals surface area (Å²) < 4.78 is 4.90. The van der Waals surface area contributed by atoms with E-state index < -0.39 is 11.1 Å². The molecule has 0 aromatic rings. The van der Waals surface area contributed by atoms with E-state index in [2.05, 4.69) is 0 Å². The van der Waals surface area contributed by atoms with Gasteiger partial charge in [-0.05, 0) is 13.3 Å². The Morgan fingerprint density at radius 3 is 2.30 bits per heavy atom. The average Bonchev–Trinajstić information content (AvgIpc) is 1.82. The standard InChI is InChI=1S/C7H15NO2/c1-3-6(2,8)7(9)4-10-5-7/h9H,3-5,8H2,1-2H3. The van der Waals surface area contributed by atoms with Crippen molar-refractivity contribution in [3.05, 3.63) is 0 Å². The average molecular weight is 145 g/mol. The van der Waals surface area contributed by atoms with Gasteiger partial charge >= 0.3 is 0 Å². The fourth-order valence-electron chi connectivity index (χ4n) is 0.954.